The second kappa shape index (κ2) is 5.89. The number of halogens is 2. The molecule has 1 amide bonds. The van der Waals surface area contributed by atoms with Gasteiger partial charge >= 0.3 is 5.97 Å². The van der Waals surface area contributed by atoms with Gasteiger partial charge in [0.05, 0.1) is 0 Å². The number of carbonyl (C=O) groups excluding carboxylic acids is 1. The summed E-state index contributed by atoms with van der Waals surface area (Å²) in [6.45, 7) is 1.97. The minimum Gasteiger partial charge on any atom is -0.479 e. The molecule has 92 valence electrons. The van der Waals surface area contributed by atoms with Crippen LogP contribution in [0.4, 0.5) is 0 Å². The second-order valence-corrected chi connectivity index (χ2v) is 4.25. The Morgan fingerprint density at radius 2 is 1.94 bits per heavy atom. The molecule has 1 N–H and O–H groups in total. The molecule has 0 aliphatic rings. The van der Waals surface area contributed by atoms with E-state index in [0.717, 1.165) is 4.90 Å². The molecule has 1 aromatic carbocycles. The number of hydrogen-bond donors (Lipinski definition) is 1. The highest BCUT2D eigenvalue weighted by Crippen LogP contribution is 2.26. The summed E-state index contributed by atoms with van der Waals surface area (Å²) in [5.41, 5.74) is 0.379. The molecule has 1 atom stereocenters. The molecule has 0 radical (unpaired) electrons. The predicted octanol–water partition coefficient (Wildman–Crippen LogP) is 2.60. The minimum absolute atomic E-state index is 0.282. The molecule has 6 heteroatoms. The first-order valence-corrected chi connectivity index (χ1v) is 5.65. The lowest BCUT2D eigenvalue weighted by molar-refractivity contribution is -0.146. The van der Waals surface area contributed by atoms with E-state index < -0.39 is 12.0 Å². The van der Waals surface area contributed by atoms with Crippen LogP contribution < -0.4 is 0 Å². The van der Waals surface area contributed by atoms with Crippen molar-refractivity contribution in [2.45, 2.75) is 13.0 Å². The maximum atomic E-state index is 11.2. The van der Waals surface area contributed by atoms with Crippen molar-refractivity contribution in [1.29, 1.82) is 0 Å². The third-order valence-corrected chi connectivity index (χ3v) is 2.70. The van der Waals surface area contributed by atoms with Gasteiger partial charge in [-0.05, 0) is 30.7 Å². The van der Waals surface area contributed by atoms with Crippen molar-refractivity contribution in [3.63, 3.8) is 0 Å². The SMILES string of the molecule is CCN(C=O)C(C(=O)O)c1cc(Cl)cc(Cl)c1. The third-order valence-electron chi connectivity index (χ3n) is 2.27. The third kappa shape index (κ3) is 3.35. The van der Waals surface area contributed by atoms with Crippen LogP contribution in [0.2, 0.25) is 10.0 Å². The Labute approximate surface area is 109 Å². The molecule has 0 aliphatic carbocycles. The van der Waals surface area contributed by atoms with E-state index >= 15 is 0 Å². The van der Waals surface area contributed by atoms with Gasteiger partial charge in [-0.1, -0.05) is 23.2 Å². The van der Waals surface area contributed by atoms with E-state index in [2.05, 4.69) is 0 Å². The van der Waals surface area contributed by atoms with Gasteiger partial charge in [-0.2, -0.15) is 0 Å². The Morgan fingerprint density at radius 1 is 1.41 bits per heavy atom. The average Bonchev–Trinajstić information content (AvgIpc) is 2.23. The van der Waals surface area contributed by atoms with E-state index in [1.54, 1.807) is 6.92 Å². The van der Waals surface area contributed by atoms with Crippen LogP contribution in [0.5, 0.6) is 0 Å². The molecule has 1 rings (SSSR count). The number of amides is 1. The largest absolute Gasteiger partial charge is 0.479 e. The van der Waals surface area contributed by atoms with E-state index in [0.29, 0.717) is 22.0 Å². The number of hydrogen-bond acceptors (Lipinski definition) is 2. The highest BCUT2D eigenvalue weighted by molar-refractivity contribution is 6.34. The predicted molar refractivity (Wildman–Crippen MR) is 65.3 cm³/mol. The van der Waals surface area contributed by atoms with Crippen LogP contribution in [-0.2, 0) is 9.59 Å². The number of likely N-dealkylation sites (N-methyl/N-ethyl adjacent to an activating group) is 1. The molecule has 0 aromatic heterocycles. The number of rotatable bonds is 5. The highest BCUT2D eigenvalue weighted by atomic mass is 35.5. The monoisotopic (exact) mass is 275 g/mol. The second-order valence-electron chi connectivity index (χ2n) is 3.38. The van der Waals surface area contributed by atoms with Crippen LogP contribution in [0.25, 0.3) is 0 Å². The average molecular weight is 276 g/mol. The first kappa shape index (κ1) is 13.8. The molecule has 0 heterocycles. The molecule has 4 nitrogen and oxygen atoms in total. The van der Waals surface area contributed by atoms with Crippen molar-refractivity contribution in [2.75, 3.05) is 6.54 Å². The molecular weight excluding hydrogens is 265 g/mol. The number of aliphatic carboxylic acids is 1. The van der Waals surface area contributed by atoms with E-state index in [9.17, 15) is 9.59 Å². The van der Waals surface area contributed by atoms with Crippen LogP contribution in [0.3, 0.4) is 0 Å². The Balaban J connectivity index is 3.22. The molecular formula is C11H11Cl2NO3. The van der Waals surface area contributed by atoms with Gasteiger partial charge in [-0.3, -0.25) is 4.79 Å². The smallest absolute Gasteiger partial charge is 0.331 e. The number of benzene rings is 1. The zero-order chi connectivity index (χ0) is 13.0. The normalized spacial score (nSPS) is 11.9. The summed E-state index contributed by atoms with van der Waals surface area (Å²) in [6.07, 6.45) is 0.494. The Morgan fingerprint density at radius 3 is 2.29 bits per heavy atom. The fraction of sp³-hybridized carbons (Fsp3) is 0.273. The maximum absolute atomic E-state index is 11.2. The maximum Gasteiger partial charge on any atom is 0.331 e. The van der Waals surface area contributed by atoms with Crippen molar-refractivity contribution in [3.8, 4) is 0 Å². The first-order valence-electron chi connectivity index (χ1n) is 4.89. The van der Waals surface area contributed by atoms with E-state index in [4.69, 9.17) is 28.3 Å². The van der Waals surface area contributed by atoms with Crippen molar-refractivity contribution >= 4 is 35.6 Å². The molecule has 0 saturated carbocycles. The van der Waals surface area contributed by atoms with Crippen LogP contribution >= 0.6 is 23.2 Å². The fourth-order valence-corrected chi connectivity index (χ4v) is 2.07. The molecule has 0 bridgehead atoms. The first-order chi connectivity index (χ1) is 7.99. The van der Waals surface area contributed by atoms with Crippen LogP contribution in [0.1, 0.15) is 18.5 Å². The fourth-order valence-electron chi connectivity index (χ4n) is 1.53. The minimum atomic E-state index is -1.13. The van der Waals surface area contributed by atoms with Gasteiger partial charge in [0, 0.05) is 16.6 Å². The standard InChI is InChI=1S/C11H11Cl2NO3/c1-2-14(6-15)10(11(16)17)7-3-8(12)5-9(13)4-7/h3-6,10H,2H2,1H3,(H,16,17). The van der Waals surface area contributed by atoms with E-state index in [1.807, 2.05) is 0 Å². The van der Waals surface area contributed by atoms with Crippen LogP contribution in [0.15, 0.2) is 18.2 Å². The van der Waals surface area contributed by atoms with E-state index in [1.165, 1.54) is 18.2 Å². The summed E-state index contributed by atoms with van der Waals surface area (Å²) in [5.74, 6) is -1.13. The highest BCUT2D eigenvalue weighted by Gasteiger charge is 2.26. The molecule has 0 fully saturated rings. The molecule has 0 saturated heterocycles. The van der Waals surface area contributed by atoms with Crippen LogP contribution in [0, 0.1) is 0 Å². The quantitative estimate of drug-likeness (QED) is 0.841. The molecule has 1 unspecified atom stereocenters. The summed E-state index contributed by atoms with van der Waals surface area (Å²) in [5, 5.41) is 9.82. The van der Waals surface area contributed by atoms with Gasteiger partial charge < -0.3 is 10.0 Å². The molecule has 1 aromatic rings. The van der Waals surface area contributed by atoms with Gasteiger partial charge in [0.2, 0.25) is 6.41 Å². The summed E-state index contributed by atoms with van der Waals surface area (Å²) < 4.78 is 0. The van der Waals surface area contributed by atoms with Gasteiger partial charge in [0.25, 0.3) is 0 Å². The van der Waals surface area contributed by atoms with Crippen molar-refractivity contribution in [3.05, 3.63) is 33.8 Å². The number of carboxylic acid groups (broad SMARTS) is 1. The Bertz CT molecular complexity index is 416. The summed E-state index contributed by atoms with van der Waals surface area (Å²) in [7, 11) is 0. The summed E-state index contributed by atoms with van der Waals surface area (Å²) >= 11 is 11.6. The van der Waals surface area contributed by atoms with E-state index in [-0.39, 0.29) is 6.54 Å². The zero-order valence-corrected chi connectivity index (χ0v) is 10.6. The summed E-state index contributed by atoms with van der Waals surface area (Å²) in [4.78, 5) is 23.2. The Hall–Kier alpha value is -1.26. The van der Waals surface area contributed by atoms with Crippen molar-refractivity contribution in [1.82, 2.24) is 4.90 Å². The number of carbonyl (C=O) groups is 2. The summed E-state index contributed by atoms with van der Waals surface area (Å²) in [6, 6.07) is 3.40. The molecule has 17 heavy (non-hydrogen) atoms. The number of nitrogens with zero attached hydrogens (tertiary/aromatic N) is 1. The molecule has 0 aliphatic heterocycles. The topological polar surface area (TPSA) is 57.6 Å². The van der Waals surface area contributed by atoms with Crippen molar-refractivity contribution < 1.29 is 14.7 Å². The van der Waals surface area contributed by atoms with Crippen LogP contribution in [-0.4, -0.2) is 28.9 Å². The molecule has 0 spiro atoms. The van der Waals surface area contributed by atoms with Gasteiger partial charge in [0.15, 0.2) is 6.04 Å². The van der Waals surface area contributed by atoms with Gasteiger partial charge in [-0.25, -0.2) is 4.79 Å². The Kier molecular flexibility index (Phi) is 4.78. The lowest BCUT2D eigenvalue weighted by Crippen LogP contribution is -2.32. The number of carboxylic acids is 1. The zero-order valence-electron chi connectivity index (χ0n) is 9.06. The van der Waals surface area contributed by atoms with Gasteiger partial charge in [-0.15, -0.1) is 0 Å². The van der Waals surface area contributed by atoms with Gasteiger partial charge in [0.1, 0.15) is 0 Å². The lowest BCUT2D eigenvalue weighted by atomic mass is 10.1. The van der Waals surface area contributed by atoms with Crippen molar-refractivity contribution in [2.24, 2.45) is 0 Å². The lowest BCUT2D eigenvalue weighted by Gasteiger charge is -2.24.